The van der Waals surface area contributed by atoms with Gasteiger partial charge in [0, 0.05) is 23.2 Å². The van der Waals surface area contributed by atoms with Crippen LogP contribution >= 0.6 is 15.9 Å². The minimum absolute atomic E-state index is 0.210. The Balaban J connectivity index is 1.62. The molecule has 126 valence electrons. The lowest BCUT2D eigenvalue weighted by Crippen LogP contribution is -2.41. The predicted molar refractivity (Wildman–Crippen MR) is 90.0 cm³/mol. The van der Waals surface area contributed by atoms with Gasteiger partial charge in [0.1, 0.15) is 0 Å². The molecule has 1 amide bonds. The summed E-state index contributed by atoms with van der Waals surface area (Å²) >= 11 is 3.63. The van der Waals surface area contributed by atoms with Gasteiger partial charge in [0.15, 0.2) is 0 Å². The zero-order valence-corrected chi connectivity index (χ0v) is 14.8. The van der Waals surface area contributed by atoms with E-state index in [0.717, 1.165) is 64.2 Å². The Bertz CT molecular complexity index is 372. The Labute approximate surface area is 141 Å². The van der Waals surface area contributed by atoms with E-state index in [9.17, 15) is 9.59 Å². The summed E-state index contributed by atoms with van der Waals surface area (Å²) in [6.45, 7) is 0. The van der Waals surface area contributed by atoms with Gasteiger partial charge < -0.3 is 10.4 Å². The lowest BCUT2D eigenvalue weighted by molar-refractivity contribution is -0.137. The van der Waals surface area contributed by atoms with Crippen LogP contribution in [0.1, 0.15) is 70.6 Å². The maximum Gasteiger partial charge on any atom is 0.303 e. The summed E-state index contributed by atoms with van der Waals surface area (Å²) in [6.07, 6.45) is 10.7. The molecule has 2 saturated carbocycles. The van der Waals surface area contributed by atoms with Crippen molar-refractivity contribution in [2.75, 3.05) is 0 Å². The number of amides is 1. The quantitative estimate of drug-likeness (QED) is 0.694. The molecule has 0 spiro atoms. The van der Waals surface area contributed by atoms with Crippen LogP contribution in [0.4, 0.5) is 0 Å². The number of carbonyl (C=O) groups is 2. The van der Waals surface area contributed by atoms with Crippen LogP contribution in [0.15, 0.2) is 0 Å². The van der Waals surface area contributed by atoms with Crippen molar-refractivity contribution < 1.29 is 14.7 Å². The molecule has 0 aromatic rings. The van der Waals surface area contributed by atoms with Gasteiger partial charge in [-0.3, -0.25) is 9.59 Å². The molecule has 2 fully saturated rings. The first-order valence-electron chi connectivity index (χ1n) is 8.71. The van der Waals surface area contributed by atoms with Gasteiger partial charge in [0.05, 0.1) is 0 Å². The first-order chi connectivity index (χ1) is 10.5. The van der Waals surface area contributed by atoms with Gasteiger partial charge >= 0.3 is 5.97 Å². The zero-order chi connectivity index (χ0) is 15.9. The molecular formula is C17H28BrNO3. The van der Waals surface area contributed by atoms with Crippen LogP contribution in [0.5, 0.6) is 0 Å². The summed E-state index contributed by atoms with van der Waals surface area (Å²) in [5.41, 5.74) is 0. The van der Waals surface area contributed by atoms with E-state index in [1.165, 1.54) is 0 Å². The fraction of sp³-hybridized carbons (Fsp3) is 0.882. The molecule has 2 aliphatic carbocycles. The number of carboxylic acid groups (broad SMARTS) is 1. The maximum absolute atomic E-state index is 12.3. The SMILES string of the molecule is O=C(O)CCCC1CCC(NC(=O)C2CCC(Br)CC2)CC1. The van der Waals surface area contributed by atoms with Crippen LogP contribution in [0.2, 0.25) is 0 Å². The third-order valence-electron chi connectivity index (χ3n) is 5.22. The van der Waals surface area contributed by atoms with Crippen molar-refractivity contribution >= 4 is 27.8 Å². The average Bonchev–Trinajstić information content (AvgIpc) is 2.49. The van der Waals surface area contributed by atoms with Crippen LogP contribution in [0, 0.1) is 11.8 Å². The number of alkyl halides is 1. The molecule has 0 aromatic heterocycles. The normalized spacial score (nSPS) is 32.4. The van der Waals surface area contributed by atoms with Crippen molar-refractivity contribution in [1.82, 2.24) is 5.32 Å². The summed E-state index contributed by atoms with van der Waals surface area (Å²) in [7, 11) is 0. The summed E-state index contributed by atoms with van der Waals surface area (Å²) < 4.78 is 0. The lowest BCUT2D eigenvalue weighted by atomic mass is 9.82. The Hall–Kier alpha value is -0.580. The number of nitrogens with one attached hydrogen (secondary N) is 1. The van der Waals surface area contributed by atoms with E-state index in [1.54, 1.807) is 0 Å². The molecule has 2 N–H and O–H groups in total. The van der Waals surface area contributed by atoms with Crippen LogP contribution in [-0.4, -0.2) is 27.9 Å². The molecule has 0 bridgehead atoms. The van der Waals surface area contributed by atoms with Gasteiger partial charge in [0.2, 0.25) is 5.91 Å². The molecule has 0 atom stereocenters. The molecule has 0 aliphatic heterocycles. The second-order valence-corrected chi connectivity index (χ2v) is 8.26. The van der Waals surface area contributed by atoms with Gasteiger partial charge in [-0.1, -0.05) is 15.9 Å². The third-order valence-corrected chi connectivity index (χ3v) is 6.14. The van der Waals surface area contributed by atoms with Crippen LogP contribution in [0.3, 0.4) is 0 Å². The number of rotatable bonds is 6. The molecule has 2 rings (SSSR count). The molecule has 0 radical (unpaired) electrons. The van der Waals surface area contributed by atoms with Crippen molar-refractivity contribution in [2.45, 2.75) is 81.5 Å². The summed E-state index contributed by atoms with van der Waals surface area (Å²) in [5, 5.41) is 11.9. The highest BCUT2D eigenvalue weighted by Gasteiger charge is 2.28. The van der Waals surface area contributed by atoms with Gasteiger partial charge in [-0.25, -0.2) is 0 Å². The van der Waals surface area contributed by atoms with Crippen molar-refractivity contribution in [3.05, 3.63) is 0 Å². The van der Waals surface area contributed by atoms with Crippen LogP contribution < -0.4 is 5.32 Å². The lowest BCUT2D eigenvalue weighted by Gasteiger charge is -2.31. The van der Waals surface area contributed by atoms with E-state index in [0.29, 0.717) is 16.8 Å². The summed E-state index contributed by atoms with van der Waals surface area (Å²) in [4.78, 5) is 23.4. The van der Waals surface area contributed by atoms with E-state index in [-0.39, 0.29) is 18.2 Å². The molecular weight excluding hydrogens is 346 g/mol. The van der Waals surface area contributed by atoms with Gasteiger partial charge in [-0.05, 0) is 70.1 Å². The maximum atomic E-state index is 12.3. The van der Waals surface area contributed by atoms with Crippen molar-refractivity contribution in [3.63, 3.8) is 0 Å². The topological polar surface area (TPSA) is 66.4 Å². The zero-order valence-electron chi connectivity index (χ0n) is 13.2. The van der Waals surface area contributed by atoms with E-state index in [2.05, 4.69) is 21.2 Å². The molecule has 0 aromatic carbocycles. The Kier molecular flexibility index (Phi) is 7.19. The minimum atomic E-state index is -0.695. The van der Waals surface area contributed by atoms with Gasteiger partial charge in [0.25, 0.3) is 0 Å². The fourth-order valence-corrected chi connectivity index (χ4v) is 4.30. The molecule has 4 nitrogen and oxygen atoms in total. The molecule has 0 saturated heterocycles. The van der Waals surface area contributed by atoms with E-state index < -0.39 is 5.97 Å². The highest BCUT2D eigenvalue weighted by atomic mass is 79.9. The number of hydrogen-bond donors (Lipinski definition) is 2. The Morgan fingerprint density at radius 2 is 1.64 bits per heavy atom. The number of hydrogen-bond acceptors (Lipinski definition) is 2. The molecule has 2 aliphatic rings. The smallest absolute Gasteiger partial charge is 0.303 e. The number of carboxylic acids is 1. The number of halogens is 1. The van der Waals surface area contributed by atoms with Crippen molar-refractivity contribution in [2.24, 2.45) is 11.8 Å². The van der Waals surface area contributed by atoms with E-state index in [4.69, 9.17) is 5.11 Å². The van der Waals surface area contributed by atoms with Crippen LogP contribution in [-0.2, 0) is 9.59 Å². The monoisotopic (exact) mass is 373 g/mol. The number of aliphatic carboxylic acids is 1. The largest absolute Gasteiger partial charge is 0.481 e. The molecule has 0 unspecified atom stereocenters. The van der Waals surface area contributed by atoms with Crippen molar-refractivity contribution in [1.29, 1.82) is 0 Å². The minimum Gasteiger partial charge on any atom is -0.481 e. The van der Waals surface area contributed by atoms with Crippen molar-refractivity contribution in [3.8, 4) is 0 Å². The Morgan fingerprint density at radius 1 is 1.00 bits per heavy atom. The first kappa shape index (κ1) is 17.8. The average molecular weight is 374 g/mol. The van der Waals surface area contributed by atoms with Gasteiger partial charge in [-0.2, -0.15) is 0 Å². The van der Waals surface area contributed by atoms with Crippen LogP contribution in [0.25, 0.3) is 0 Å². The fourth-order valence-electron chi connectivity index (χ4n) is 3.77. The van der Waals surface area contributed by atoms with E-state index in [1.807, 2.05) is 0 Å². The Morgan fingerprint density at radius 3 is 2.23 bits per heavy atom. The molecule has 5 heteroatoms. The molecule has 22 heavy (non-hydrogen) atoms. The van der Waals surface area contributed by atoms with Gasteiger partial charge in [-0.15, -0.1) is 0 Å². The standard InChI is InChI=1S/C17H28BrNO3/c18-14-8-6-13(7-9-14)17(22)19-15-10-4-12(5-11-15)2-1-3-16(20)21/h12-15H,1-11H2,(H,19,22)(H,20,21). The third kappa shape index (κ3) is 5.90. The molecule has 0 heterocycles. The highest BCUT2D eigenvalue weighted by molar-refractivity contribution is 9.09. The summed E-state index contributed by atoms with van der Waals surface area (Å²) in [6, 6.07) is 0.338. The summed E-state index contributed by atoms with van der Waals surface area (Å²) in [5.74, 6) is 0.423. The highest BCUT2D eigenvalue weighted by Crippen LogP contribution is 2.31. The second kappa shape index (κ2) is 8.90. The van der Waals surface area contributed by atoms with E-state index >= 15 is 0 Å². The second-order valence-electron chi connectivity index (χ2n) is 6.96. The first-order valence-corrected chi connectivity index (χ1v) is 9.62. The number of carbonyl (C=O) groups excluding carboxylic acids is 1. The predicted octanol–water partition coefficient (Wildman–Crippen LogP) is 3.87.